The molecular weight excluding hydrogens is 559 g/mol. The highest BCUT2D eigenvalue weighted by atomic mass is 31.2. The Kier molecular flexibility index (Phi) is 20.8. The highest BCUT2D eigenvalue weighted by Crippen LogP contribution is 2.43. The van der Waals surface area contributed by atoms with Crippen molar-refractivity contribution < 1.29 is 56.6 Å². The van der Waals surface area contributed by atoms with Crippen molar-refractivity contribution in [3.63, 3.8) is 0 Å². The van der Waals surface area contributed by atoms with Gasteiger partial charge in [-0.3, -0.25) is 18.6 Å². The van der Waals surface area contributed by atoms with E-state index < -0.39 is 31.7 Å². The first-order valence-corrected chi connectivity index (χ1v) is 15.4. The molecule has 2 unspecified atom stereocenters. The Balaban J connectivity index is 4.06. The molecule has 236 valence electrons. The Morgan fingerprint density at radius 3 is 1.29 bits per heavy atom. The van der Waals surface area contributed by atoms with Crippen LogP contribution < -0.4 is 0 Å². The molecule has 12 nitrogen and oxygen atoms in total. The number of phosphoric acid groups is 1. The molecule has 0 aromatic carbocycles. The number of carbonyl (C=O) groups excluding carboxylic acids is 4. The average molecular weight is 607 g/mol. The maximum Gasteiger partial charge on any atom is 0.472 e. The smallest absolute Gasteiger partial charge is 0.462 e. The Bertz CT molecular complexity index is 833. The second-order valence-corrected chi connectivity index (χ2v) is 11.0. The van der Waals surface area contributed by atoms with Gasteiger partial charge in [0.2, 0.25) is 0 Å². The van der Waals surface area contributed by atoms with E-state index in [-0.39, 0.29) is 62.6 Å². The molecule has 13 heteroatoms. The number of carbonyl (C=O) groups is 4. The van der Waals surface area contributed by atoms with Gasteiger partial charge < -0.3 is 23.8 Å². The molecule has 0 heterocycles. The maximum absolute atomic E-state index is 12.2. The van der Waals surface area contributed by atoms with Gasteiger partial charge in [-0.05, 0) is 52.4 Å². The Morgan fingerprint density at radius 1 is 0.634 bits per heavy atom. The Labute approximate surface area is 243 Å². The summed E-state index contributed by atoms with van der Waals surface area (Å²) in [5.74, 6) is -2.55. The minimum atomic E-state index is -4.22. The molecule has 1 N–H and O–H groups in total. The topological polar surface area (TPSA) is 161 Å². The van der Waals surface area contributed by atoms with Gasteiger partial charge in [0.25, 0.3) is 0 Å². The normalized spacial score (nSPS) is 13.8. The molecule has 0 bridgehead atoms. The lowest BCUT2D eigenvalue weighted by molar-refractivity contribution is -0.154. The van der Waals surface area contributed by atoms with Crippen molar-refractivity contribution >= 4 is 31.7 Å². The van der Waals surface area contributed by atoms with E-state index >= 15 is 0 Å². The molecule has 0 radical (unpaired) electrons. The molecule has 0 aromatic rings. The van der Waals surface area contributed by atoms with Gasteiger partial charge in [0.15, 0.2) is 0 Å². The van der Waals surface area contributed by atoms with Gasteiger partial charge in [0.1, 0.15) is 26.4 Å². The van der Waals surface area contributed by atoms with E-state index in [4.69, 9.17) is 28.0 Å². The summed E-state index contributed by atoms with van der Waals surface area (Å²) in [6.45, 7) is 13.5. The van der Waals surface area contributed by atoms with Crippen molar-refractivity contribution in [1.82, 2.24) is 0 Å². The SMILES string of the molecule is C=C(C)C(=O)OCCOC(=O)C(CC)CCCCOP(=O)(O)OCCCCC(CC)C(=O)OCCOC(=O)C(=C)C. The van der Waals surface area contributed by atoms with Crippen LogP contribution in [0.25, 0.3) is 0 Å². The number of esters is 4. The summed E-state index contributed by atoms with van der Waals surface area (Å²) in [6.07, 6.45) is 4.19. The third-order valence-corrected chi connectivity index (χ3v) is 6.89. The molecule has 0 rings (SSSR count). The fraction of sp³-hybridized carbons (Fsp3) is 0.714. The largest absolute Gasteiger partial charge is 0.472 e. The average Bonchev–Trinajstić information content (AvgIpc) is 2.92. The van der Waals surface area contributed by atoms with E-state index in [0.29, 0.717) is 51.4 Å². The molecule has 0 aromatic heterocycles. The summed E-state index contributed by atoms with van der Waals surface area (Å²) >= 11 is 0. The Hall–Kier alpha value is -2.53. The van der Waals surface area contributed by atoms with Gasteiger partial charge in [-0.2, -0.15) is 0 Å². The molecule has 0 saturated carbocycles. The first kappa shape index (κ1) is 38.5. The molecule has 0 aliphatic heterocycles. The molecule has 0 spiro atoms. The zero-order chi connectivity index (χ0) is 31.3. The van der Waals surface area contributed by atoms with Crippen molar-refractivity contribution in [1.29, 1.82) is 0 Å². The van der Waals surface area contributed by atoms with Crippen LogP contribution in [-0.4, -0.2) is 68.4 Å². The second-order valence-electron chi connectivity index (χ2n) is 9.50. The fourth-order valence-electron chi connectivity index (χ4n) is 3.40. The summed E-state index contributed by atoms with van der Waals surface area (Å²) < 4.78 is 42.1. The van der Waals surface area contributed by atoms with Crippen LogP contribution in [0, 0.1) is 11.8 Å². The first-order chi connectivity index (χ1) is 19.3. The fourth-order valence-corrected chi connectivity index (χ4v) is 4.19. The zero-order valence-electron chi connectivity index (χ0n) is 24.9. The number of rotatable bonds is 24. The van der Waals surface area contributed by atoms with Gasteiger partial charge >= 0.3 is 31.7 Å². The monoisotopic (exact) mass is 606 g/mol. The van der Waals surface area contributed by atoms with Gasteiger partial charge in [-0.15, -0.1) is 0 Å². The third-order valence-electron chi connectivity index (χ3n) is 5.87. The van der Waals surface area contributed by atoms with Crippen LogP contribution in [0.2, 0.25) is 0 Å². The Morgan fingerprint density at radius 2 is 0.976 bits per heavy atom. The minimum absolute atomic E-state index is 0.0124. The standard InChI is InChI=1S/C28H47O12P/c1-7-23(27(31)37-19-17-35-25(29)21(3)4)13-9-11-15-39-41(33,34)40-16-12-10-14-24(8-2)28(32)38-20-18-36-26(30)22(5)6/h23-24H,3,5,7-20H2,1-2,4,6H3,(H,33,34). The van der Waals surface area contributed by atoms with E-state index in [0.717, 1.165) is 0 Å². The van der Waals surface area contributed by atoms with Crippen molar-refractivity contribution in [3.8, 4) is 0 Å². The highest BCUT2D eigenvalue weighted by molar-refractivity contribution is 7.47. The molecule has 41 heavy (non-hydrogen) atoms. The van der Waals surface area contributed by atoms with Crippen molar-refractivity contribution in [3.05, 3.63) is 24.3 Å². The van der Waals surface area contributed by atoms with E-state index in [2.05, 4.69) is 13.2 Å². The zero-order valence-corrected chi connectivity index (χ0v) is 25.7. The van der Waals surface area contributed by atoms with Crippen LogP contribution >= 0.6 is 7.82 Å². The van der Waals surface area contributed by atoms with Crippen LogP contribution in [0.3, 0.4) is 0 Å². The van der Waals surface area contributed by atoms with Crippen LogP contribution in [0.4, 0.5) is 0 Å². The molecule has 0 amide bonds. The van der Waals surface area contributed by atoms with Gasteiger partial charge in [0, 0.05) is 11.1 Å². The van der Waals surface area contributed by atoms with Crippen molar-refractivity contribution in [2.75, 3.05) is 39.6 Å². The van der Waals surface area contributed by atoms with Crippen molar-refractivity contribution in [2.45, 2.75) is 79.1 Å². The van der Waals surface area contributed by atoms with Gasteiger partial charge in [-0.1, -0.05) is 39.8 Å². The quantitative estimate of drug-likeness (QED) is 0.0524. The van der Waals surface area contributed by atoms with Crippen LogP contribution in [0.1, 0.15) is 79.1 Å². The number of hydrogen-bond acceptors (Lipinski definition) is 11. The van der Waals surface area contributed by atoms with E-state index in [1.807, 2.05) is 13.8 Å². The lowest BCUT2D eigenvalue weighted by Crippen LogP contribution is -2.20. The molecule has 0 aliphatic carbocycles. The predicted octanol–water partition coefficient (Wildman–Crippen LogP) is 4.84. The summed E-state index contributed by atoms with van der Waals surface area (Å²) in [5.41, 5.74) is 0.531. The third kappa shape index (κ3) is 19.3. The highest BCUT2D eigenvalue weighted by Gasteiger charge is 2.22. The van der Waals surface area contributed by atoms with E-state index in [1.165, 1.54) is 13.8 Å². The molecular formula is C28H47O12P. The lowest BCUT2D eigenvalue weighted by Gasteiger charge is -2.16. The molecule has 0 fully saturated rings. The molecule has 0 saturated heterocycles. The summed E-state index contributed by atoms with van der Waals surface area (Å²) in [7, 11) is -4.22. The number of unbranched alkanes of at least 4 members (excludes halogenated alkanes) is 2. The number of phosphoric ester groups is 1. The number of ether oxygens (including phenoxy) is 4. The molecule has 2 atom stereocenters. The summed E-state index contributed by atoms with van der Waals surface area (Å²) in [6, 6.07) is 0. The first-order valence-electron chi connectivity index (χ1n) is 13.9. The minimum Gasteiger partial charge on any atom is -0.462 e. The maximum atomic E-state index is 12.2. The van der Waals surface area contributed by atoms with Gasteiger partial charge in [0.05, 0.1) is 25.0 Å². The lowest BCUT2D eigenvalue weighted by atomic mass is 9.99. The van der Waals surface area contributed by atoms with Crippen LogP contribution in [0.5, 0.6) is 0 Å². The van der Waals surface area contributed by atoms with Gasteiger partial charge in [-0.25, -0.2) is 14.2 Å². The van der Waals surface area contributed by atoms with E-state index in [1.54, 1.807) is 0 Å². The number of hydrogen-bond donors (Lipinski definition) is 1. The van der Waals surface area contributed by atoms with E-state index in [9.17, 15) is 28.6 Å². The molecule has 0 aliphatic rings. The predicted molar refractivity (Wildman–Crippen MR) is 150 cm³/mol. The van der Waals surface area contributed by atoms with Crippen LogP contribution in [0.15, 0.2) is 24.3 Å². The second kappa shape index (κ2) is 22.1. The van der Waals surface area contributed by atoms with Crippen molar-refractivity contribution in [2.24, 2.45) is 11.8 Å². The summed E-state index contributed by atoms with van der Waals surface area (Å²) in [5, 5.41) is 0. The summed E-state index contributed by atoms with van der Waals surface area (Å²) in [4.78, 5) is 56.9. The van der Waals surface area contributed by atoms with Crippen LogP contribution in [-0.2, 0) is 51.7 Å².